The zero-order valence-electron chi connectivity index (χ0n) is 18.4. The van der Waals surface area contributed by atoms with E-state index in [1.54, 1.807) is 7.11 Å². The second-order valence-corrected chi connectivity index (χ2v) is 7.89. The summed E-state index contributed by atoms with van der Waals surface area (Å²) >= 11 is 0. The van der Waals surface area contributed by atoms with Crippen LogP contribution in [-0.2, 0) is 4.79 Å². The molecule has 0 saturated carbocycles. The van der Waals surface area contributed by atoms with Crippen molar-refractivity contribution in [3.63, 3.8) is 0 Å². The van der Waals surface area contributed by atoms with E-state index in [1.165, 1.54) is 5.56 Å². The van der Waals surface area contributed by atoms with Gasteiger partial charge in [-0.15, -0.1) is 0 Å². The van der Waals surface area contributed by atoms with Crippen LogP contribution < -0.4 is 14.8 Å². The number of amides is 1. The molecule has 0 bridgehead atoms. The van der Waals surface area contributed by atoms with Gasteiger partial charge in [-0.05, 0) is 92.1 Å². The van der Waals surface area contributed by atoms with Gasteiger partial charge < -0.3 is 14.8 Å². The van der Waals surface area contributed by atoms with Gasteiger partial charge in [0.2, 0.25) is 0 Å². The minimum absolute atomic E-state index is 0.000311. The summed E-state index contributed by atoms with van der Waals surface area (Å²) in [6.07, 6.45) is 0. The van der Waals surface area contributed by atoms with E-state index in [1.807, 2.05) is 39.8 Å². The van der Waals surface area contributed by atoms with Crippen molar-refractivity contribution in [2.45, 2.75) is 60.4 Å². The third-order valence-corrected chi connectivity index (χ3v) is 5.21. The van der Waals surface area contributed by atoms with E-state index in [9.17, 15) is 4.79 Å². The van der Waals surface area contributed by atoms with Crippen LogP contribution in [0.15, 0.2) is 24.3 Å². The zero-order chi connectivity index (χ0) is 21.0. The van der Waals surface area contributed by atoms with Crippen molar-refractivity contribution in [3.8, 4) is 11.5 Å². The maximum Gasteiger partial charge on any atom is 0.258 e. The van der Waals surface area contributed by atoms with Gasteiger partial charge in [0.25, 0.3) is 5.91 Å². The lowest BCUT2D eigenvalue weighted by Crippen LogP contribution is -2.31. The molecule has 0 radical (unpaired) electrons. The number of benzene rings is 2. The van der Waals surface area contributed by atoms with Crippen molar-refractivity contribution < 1.29 is 14.3 Å². The summed E-state index contributed by atoms with van der Waals surface area (Å²) in [6.45, 7) is 14.4. The standard InChI is InChI=1S/C24H33NO3/c1-14(2)20-12-21(17(5)11-23(20)27-8)19(7)25-24(26)13-28-22-10-15(3)9-16(4)18(22)6/h9-12,14,19H,13H2,1-8H3,(H,25,26)/t19-/m0/s1. The highest BCUT2D eigenvalue weighted by atomic mass is 16.5. The molecule has 0 aliphatic rings. The predicted octanol–water partition coefficient (Wildman–Crippen LogP) is 5.31. The minimum Gasteiger partial charge on any atom is -0.496 e. The molecule has 0 spiro atoms. The Hall–Kier alpha value is -2.49. The van der Waals surface area contributed by atoms with E-state index >= 15 is 0 Å². The topological polar surface area (TPSA) is 47.6 Å². The number of rotatable bonds is 7. The molecule has 0 aliphatic carbocycles. The van der Waals surface area contributed by atoms with Gasteiger partial charge in [0, 0.05) is 0 Å². The summed E-state index contributed by atoms with van der Waals surface area (Å²) in [5.74, 6) is 1.87. The fraction of sp³-hybridized carbons (Fsp3) is 0.458. The first-order valence-electron chi connectivity index (χ1n) is 9.82. The van der Waals surface area contributed by atoms with Gasteiger partial charge in [0.1, 0.15) is 11.5 Å². The summed E-state index contributed by atoms with van der Waals surface area (Å²) in [4.78, 5) is 12.5. The molecule has 0 heterocycles. The molecular weight excluding hydrogens is 350 g/mol. The number of carbonyl (C=O) groups is 1. The highest BCUT2D eigenvalue weighted by molar-refractivity contribution is 5.78. The maximum absolute atomic E-state index is 12.5. The molecule has 0 saturated heterocycles. The van der Waals surface area contributed by atoms with E-state index in [4.69, 9.17) is 9.47 Å². The van der Waals surface area contributed by atoms with Crippen LogP contribution in [0.5, 0.6) is 11.5 Å². The summed E-state index contributed by atoms with van der Waals surface area (Å²) in [5, 5.41) is 3.05. The summed E-state index contributed by atoms with van der Waals surface area (Å²) in [7, 11) is 1.69. The van der Waals surface area contributed by atoms with Gasteiger partial charge in [-0.2, -0.15) is 0 Å². The third kappa shape index (κ3) is 5.06. The van der Waals surface area contributed by atoms with E-state index in [0.29, 0.717) is 5.92 Å². The average Bonchev–Trinajstić information content (AvgIpc) is 2.62. The number of hydrogen-bond acceptors (Lipinski definition) is 3. The number of aryl methyl sites for hydroxylation is 3. The molecule has 0 fully saturated rings. The zero-order valence-corrected chi connectivity index (χ0v) is 18.4. The predicted molar refractivity (Wildman–Crippen MR) is 115 cm³/mol. The first kappa shape index (κ1) is 21.8. The molecule has 1 atom stereocenters. The second-order valence-electron chi connectivity index (χ2n) is 7.89. The number of nitrogens with one attached hydrogen (secondary N) is 1. The first-order chi connectivity index (χ1) is 13.1. The van der Waals surface area contributed by atoms with E-state index in [0.717, 1.165) is 39.3 Å². The number of carbonyl (C=O) groups excluding carboxylic acids is 1. The van der Waals surface area contributed by atoms with Crippen molar-refractivity contribution >= 4 is 5.91 Å². The van der Waals surface area contributed by atoms with E-state index in [2.05, 4.69) is 38.2 Å². The highest BCUT2D eigenvalue weighted by Gasteiger charge is 2.17. The van der Waals surface area contributed by atoms with Crippen LogP contribution in [0.2, 0.25) is 0 Å². The Balaban J connectivity index is 2.09. The molecule has 4 nitrogen and oxygen atoms in total. The summed E-state index contributed by atoms with van der Waals surface area (Å²) < 4.78 is 11.3. The number of ether oxygens (including phenoxy) is 2. The Bertz CT molecular complexity index is 855. The van der Waals surface area contributed by atoms with Crippen molar-refractivity contribution in [2.24, 2.45) is 0 Å². The van der Waals surface area contributed by atoms with Gasteiger partial charge >= 0.3 is 0 Å². The maximum atomic E-state index is 12.5. The van der Waals surface area contributed by atoms with E-state index in [-0.39, 0.29) is 18.6 Å². The van der Waals surface area contributed by atoms with Gasteiger partial charge in [-0.25, -0.2) is 0 Å². The number of methoxy groups -OCH3 is 1. The highest BCUT2D eigenvalue weighted by Crippen LogP contribution is 2.32. The molecule has 1 amide bonds. The molecule has 0 unspecified atom stereocenters. The average molecular weight is 384 g/mol. The summed E-state index contributed by atoms with van der Waals surface area (Å²) in [6, 6.07) is 8.16. The molecule has 0 aliphatic heterocycles. The van der Waals surface area contributed by atoms with Crippen LogP contribution in [0.1, 0.15) is 66.1 Å². The summed E-state index contributed by atoms with van der Waals surface area (Å²) in [5.41, 5.74) is 6.70. The van der Waals surface area contributed by atoms with Crippen LogP contribution in [0, 0.1) is 27.7 Å². The molecule has 1 N–H and O–H groups in total. The Morgan fingerprint density at radius 1 is 0.929 bits per heavy atom. The van der Waals surface area contributed by atoms with Crippen molar-refractivity contribution in [1.29, 1.82) is 0 Å². The normalized spacial score (nSPS) is 12.0. The van der Waals surface area contributed by atoms with Crippen molar-refractivity contribution in [2.75, 3.05) is 13.7 Å². The molecular formula is C24H33NO3. The van der Waals surface area contributed by atoms with Crippen molar-refractivity contribution in [1.82, 2.24) is 5.32 Å². The molecule has 28 heavy (non-hydrogen) atoms. The largest absolute Gasteiger partial charge is 0.496 e. The van der Waals surface area contributed by atoms with E-state index < -0.39 is 0 Å². The fourth-order valence-electron chi connectivity index (χ4n) is 3.47. The van der Waals surface area contributed by atoms with Gasteiger partial charge in [-0.1, -0.05) is 19.9 Å². The lowest BCUT2D eigenvalue weighted by Gasteiger charge is -2.21. The van der Waals surface area contributed by atoms with Crippen LogP contribution in [0.25, 0.3) is 0 Å². The van der Waals surface area contributed by atoms with Gasteiger partial charge in [0.05, 0.1) is 13.2 Å². The molecule has 2 rings (SSSR count). The molecule has 0 aromatic heterocycles. The Labute approximate surface area is 169 Å². The number of hydrogen-bond donors (Lipinski definition) is 1. The monoisotopic (exact) mass is 383 g/mol. The molecule has 2 aromatic carbocycles. The molecule has 4 heteroatoms. The minimum atomic E-state index is -0.132. The Kier molecular flexibility index (Phi) is 7.11. The first-order valence-corrected chi connectivity index (χ1v) is 9.82. The second kappa shape index (κ2) is 9.13. The van der Waals surface area contributed by atoms with Gasteiger partial charge in [-0.3, -0.25) is 4.79 Å². The molecule has 152 valence electrons. The lowest BCUT2D eigenvalue weighted by molar-refractivity contribution is -0.123. The van der Waals surface area contributed by atoms with Crippen LogP contribution in [0.3, 0.4) is 0 Å². The van der Waals surface area contributed by atoms with Crippen molar-refractivity contribution in [3.05, 3.63) is 57.6 Å². The van der Waals surface area contributed by atoms with Crippen LogP contribution in [-0.4, -0.2) is 19.6 Å². The SMILES string of the molecule is COc1cc(C)c([C@H](C)NC(=O)COc2cc(C)cc(C)c2C)cc1C(C)C. The smallest absolute Gasteiger partial charge is 0.258 e. The lowest BCUT2D eigenvalue weighted by atomic mass is 9.93. The third-order valence-electron chi connectivity index (χ3n) is 5.21. The quantitative estimate of drug-likeness (QED) is 0.705. The Morgan fingerprint density at radius 3 is 2.21 bits per heavy atom. The Morgan fingerprint density at radius 2 is 1.61 bits per heavy atom. The van der Waals surface area contributed by atoms with Crippen LogP contribution in [0.4, 0.5) is 0 Å². The van der Waals surface area contributed by atoms with Crippen LogP contribution >= 0.6 is 0 Å². The molecule has 2 aromatic rings. The fourth-order valence-corrected chi connectivity index (χ4v) is 3.47. The van der Waals surface area contributed by atoms with Gasteiger partial charge in [0.15, 0.2) is 6.61 Å².